The topological polar surface area (TPSA) is 95.4 Å². The Balaban J connectivity index is 2.00. The molecule has 2 heterocycles. The lowest BCUT2D eigenvalue weighted by atomic mass is 9.97. The van der Waals surface area contributed by atoms with Crippen LogP contribution >= 0.6 is 0 Å². The van der Waals surface area contributed by atoms with Crippen molar-refractivity contribution < 1.29 is 14.7 Å². The highest BCUT2D eigenvalue weighted by molar-refractivity contribution is 5.85. The molecule has 1 aromatic heterocycles. The number of carbonyl (C=O) groups excluding carboxylic acids is 1. The Kier molecular flexibility index (Phi) is 5.08. The Morgan fingerprint density at radius 2 is 2.24 bits per heavy atom. The molecule has 0 aromatic carbocycles. The van der Waals surface area contributed by atoms with E-state index in [0.29, 0.717) is 18.9 Å². The average Bonchev–Trinajstić information content (AvgIpc) is 2.52. The first-order chi connectivity index (χ1) is 10.1. The number of nitrogens with zero attached hydrogens (tertiary/aromatic N) is 3. The van der Waals surface area contributed by atoms with Gasteiger partial charge in [-0.15, -0.1) is 0 Å². The van der Waals surface area contributed by atoms with Gasteiger partial charge in [0.15, 0.2) is 5.69 Å². The molecular formula is C14H20N4O3. The second-order valence-corrected chi connectivity index (χ2v) is 5.14. The van der Waals surface area contributed by atoms with Gasteiger partial charge in [0.25, 0.3) is 0 Å². The predicted octanol–water partition coefficient (Wildman–Crippen LogP) is 0.917. The Morgan fingerprint density at radius 1 is 1.43 bits per heavy atom. The molecule has 7 nitrogen and oxygen atoms in total. The Bertz CT molecular complexity index is 503. The number of aromatic nitrogens is 2. The summed E-state index contributed by atoms with van der Waals surface area (Å²) >= 11 is 0. The largest absolute Gasteiger partial charge is 0.476 e. The van der Waals surface area contributed by atoms with Gasteiger partial charge in [-0.05, 0) is 19.3 Å². The highest BCUT2D eigenvalue weighted by Crippen LogP contribution is 2.21. The summed E-state index contributed by atoms with van der Waals surface area (Å²) in [6.07, 6.45) is 5.40. The van der Waals surface area contributed by atoms with Crippen molar-refractivity contribution in [1.29, 1.82) is 0 Å². The molecule has 0 saturated carbocycles. The number of anilines is 1. The molecule has 1 atom stereocenters. The van der Waals surface area contributed by atoms with Gasteiger partial charge in [-0.25, -0.2) is 14.8 Å². The first-order valence-corrected chi connectivity index (χ1v) is 7.19. The molecule has 2 N–H and O–H groups in total. The molecule has 0 spiro atoms. The monoisotopic (exact) mass is 292 g/mol. The van der Waals surface area contributed by atoms with Crippen molar-refractivity contribution in [2.75, 3.05) is 24.5 Å². The number of amides is 1. The lowest BCUT2D eigenvalue weighted by molar-refractivity contribution is -0.125. The molecular weight excluding hydrogens is 272 g/mol. The van der Waals surface area contributed by atoms with Gasteiger partial charge in [0.2, 0.25) is 5.91 Å². The fourth-order valence-electron chi connectivity index (χ4n) is 2.39. The molecule has 1 aliphatic heterocycles. The summed E-state index contributed by atoms with van der Waals surface area (Å²) in [5.41, 5.74) is -0.0759. The molecule has 0 aliphatic carbocycles. The van der Waals surface area contributed by atoms with Crippen molar-refractivity contribution in [2.24, 2.45) is 5.92 Å². The molecule has 0 radical (unpaired) electrons. The molecule has 1 saturated heterocycles. The highest BCUT2D eigenvalue weighted by Gasteiger charge is 2.26. The van der Waals surface area contributed by atoms with E-state index >= 15 is 0 Å². The predicted molar refractivity (Wildman–Crippen MR) is 77.2 cm³/mol. The van der Waals surface area contributed by atoms with Crippen molar-refractivity contribution >= 4 is 17.7 Å². The van der Waals surface area contributed by atoms with E-state index in [1.807, 2.05) is 11.8 Å². The maximum Gasteiger partial charge on any atom is 0.356 e. The van der Waals surface area contributed by atoms with Crippen LogP contribution in [0.1, 0.15) is 36.7 Å². The molecule has 21 heavy (non-hydrogen) atoms. The zero-order chi connectivity index (χ0) is 15.2. The summed E-state index contributed by atoms with van der Waals surface area (Å²) in [7, 11) is 0. The van der Waals surface area contributed by atoms with Crippen LogP contribution in [0.25, 0.3) is 0 Å². The maximum absolute atomic E-state index is 12.0. The minimum atomic E-state index is -1.09. The van der Waals surface area contributed by atoms with Crippen LogP contribution in [-0.4, -0.2) is 46.6 Å². The van der Waals surface area contributed by atoms with Gasteiger partial charge in [0, 0.05) is 19.6 Å². The van der Waals surface area contributed by atoms with Gasteiger partial charge in [0.05, 0.1) is 18.3 Å². The van der Waals surface area contributed by atoms with Gasteiger partial charge in [-0.2, -0.15) is 0 Å². The molecule has 1 amide bonds. The Hall–Kier alpha value is -2.18. The van der Waals surface area contributed by atoms with Crippen LogP contribution in [0.4, 0.5) is 5.82 Å². The highest BCUT2D eigenvalue weighted by atomic mass is 16.4. The SMILES string of the molecule is CCCNC(=O)C1CCCN(c2cnc(C(=O)O)cn2)C1. The van der Waals surface area contributed by atoms with E-state index in [9.17, 15) is 9.59 Å². The quantitative estimate of drug-likeness (QED) is 0.838. The van der Waals surface area contributed by atoms with Gasteiger partial charge in [-0.3, -0.25) is 4.79 Å². The summed E-state index contributed by atoms with van der Waals surface area (Å²) in [6, 6.07) is 0. The van der Waals surface area contributed by atoms with E-state index in [2.05, 4.69) is 15.3 Å². The molecule has 0 bridgehead atoms. The van der Waals surface area contributed by atoms with Crippen LogP contribution in [0.3, 0.4) is 0 Å². The number of hydrogen-bond acceptors (Lipinski definition) is 5. The summed E-state index contributed by atoms with van der Waals surface area (Å²) in [6.45, 7) is 4.12. The first-order valence-electron chi connectivity index (χ1n) is 7.19. The van der Waals surface area contributed by atoms with E-state index in [-0.39, 0.29) is 17.5 Å². The van der Waals surface area contributed by atoms with E-state index in [1.54, 1.807) is 0 Å². The average molecular weight is 292 g/mol. The number of aromatic carboxylic acids is 1. The van der Waals surface area contributed by atoms with Gasteiger partial charge in [0.1, 0.15) is 5.82 Å². The van der Waals surface area contributed by atoms with E-state index < -0.39 is 5.97 Å². The minimum absolute atomic E-state index is 0.0498. The third-order valence-corrected chi connectivity index (χ3v) is 3.52. The van der Waals surface area contributed by atoms with Crippen molar-refractivity contribution in [3.05, 3.63) is 18.1 Å². The fourth-order valence-corrected chi connectivity index (χ4v) is 2.39. The third-order valence-electron chi connectivity index (χ3n) is 3.52. The normalized spacial score (nSPS) is 18.3. The fraction of sp³-hybridized carbons (Fsp3) is 0.571. The lowest BCUT2D eigenvalue weighted by Gasteiger charge is -2.32. The zero-order valence-corrected chi connectivity index (χ0v) is 12.1. The molecule has 1 fully saturated rings. The van der Waals surface area contributed by atoms with Crippen LogP contribution in [0, 0.1) is 5.92 Å². The molecule has 1 unspecified atom stereocenters. The van der Waals surface area contributed by atoms with Crippen molar-refractivity contribution in [1.82, 2.24) is 15.3 Å². The zero-order valence-electron chi connectivity index (χ0n) is 12.1. The molecule has 1 aliphatic rings. The lowest BCUT2D eigenvalue weighted by Crippen LogP contribution is -2.43. The van der Waals surface area contributed by atoms with E-state index in [0.717, 1.165) is 25.8 Å². The maximum atomic E-state index is 12.0. The number of rotatable bonds is 5. The van der Waals surface area contributed by atoms with Crippen LogP contribution < -0.4 is 10.2 Å². The van der Waals surface area contributed by atoms with Crippen molar-refractivity contribution in [2.45, 2.75) is 26.2 Å². The smallest absolute Gasteiger partial charge is 0.356 e. The molecule has 2 rings (SSSR count). The Morgan fingerprint density at radius 3 is 2.86 bits per heavy atom. The minimum Gasteiger partial charge on any atom is -0.476 e. The second kappa shape index (κ2) is 7.01. The summed E-state index contributed by atoms with van der Waals surface area (Å²) in [5, 5.41) is 11.7. The molecule has 1 aromatic rings. The van der Waals surface area contributed by atoms with Crippen LogP contribution in [-0.2, 0) is 4.79 Å². The van der Waals surface area contributed by atoms with Gasteiger partial charge >= 0.3 is 5.97 Å². The third kappa shape index (κ3) is 3.90. The number of carbonyl (C=O) groups is 2. The number of piperidine rings is 1. The first kappa shape index (κ1) is 15.2. The number of carboxylic acids is 1. The summed E-state index contributed by atoms with van der Waals surface area (Å²) in [4.78, 5) is 32.8. The molecule has 7 heteroatoms. The Labute approximate surface area is 123 Å². The van der Waals surface area contributed by atoms with Crippen LogP contribution in [0.2, 0.25) is 0 Å². The van der Waals surface area contributed by atoms with Gasteiger partial charge in [-0.1, -0.05) is 6.92 Å². The second-order valence-electron chi connectivity index (χ2n) is 5.14. The standard InChI is InChI=1S/C14H20N4O3/c1-2-5-15-13(19)10-4-3-6-18(9-10)12-8-16-11(7-17-12)14(20)21/h7-8,10H,2-6,9H2,1H3,(H,15,19)(H,20,21). The van der Waals surface area contributed by atoms with Crippen LogP contribution in [0.15, 0.2) is 12.4 Å². The van der Waals surface area contributed by atoms with E-state index in [4.69, 9.17) is 5.11 Å². The molecule has 114 valence electrons. The van der Waals surface area contributed by atoms with Crippen molar-refractivity contribution in [3.63, 3.8) is 0 Å². The van der Waals surface area contributed by atoms with Gasteiger partial charge < -0.3 is 15.3 Å². The number of nitrogens with one attached hydrogen (secondary N) is 1. The van der Waals surface area contributed by atoms with Crippen LogP contribution in [0.5, 0.6) is 0 Å². The number of hydrogen-bond donors (Lipinski definition) is 2. The summed E-state index contributed by atoms with van der Waals surface area (Å²) in [5.74, 6) is -0.444. The van der Waals surface area contributed by atoms with E-state index in [1.165, 1.54) is 12.4 Å². The van der Waals surface area contributed by atoms with Crippen molar-refractivity contribution in [3.8, 4) is 0 Å². The number of carboxylic acid groups (broad SMARTS) is 1. The summed E-state index contributed by atoms with van der Waals surface area (Å²) < 4.78 is 0.